The second-order valence-electron chi connectivity index (χ2n) is 6.02. The summed E-state index contributed by atoms with van der Waals surface area (Å²) in [5.74, 6) is 4.48. The van der Waals surface area contributed by atoms with Crippen LogP contribution in [0.15, 0.2) is 0 Å². The Kier molecular flexibility index (Phi) is 8.84. The molecule has 0 saturated heterocycles. The van der Waals surface area contributed by atoms with E-state index in [4.69, 9.17) is 11.6 Å². The van der Waals surface area contributed by atoms with Gasteiger partial charge in [-0.15, -0.1) is 11.6 Å². The molecule has 0 atom stereocenters. The zero-order chi connectivity index (χ0) is 13.3. The lowest BCUT2D eigenvalue weighted by molar-refractivity contribution is 0.154. The largest absolute Gasteiger partial charge is 0.162 e. The third-order valence-electron chi connectivity index (χ3n) is 4.62. The minimum Gasteiger partial charge on any atom is -0.162 e. The van der Waals surface area contributed by atoms with Crippen LogP contribution in [-0.2, 0) is 0 Å². The highest BCUT2D eigenvalue weighted by atomic mass is 35.5. The van der Waals surface area contributed by atoms with Crippen LogP contribution in [0.3, 0.4) is 0 Å². The van der Waals surface area contributed by atoms with Crippen LogP contribution in [0.5, 0.6) is 0 Å². The van der Waals surface area contributed by atoms with Crippen LogP contribution < -0.4 is 0 Å². The van der Waals surface area contributed by atoms with E-state index in [1.54, 1.807) is 0 Å². The molecule has 1 aliphatic rings. The van der Waals surface area contributed by atoms with Crippen molar-refractivity contribution in [1.82, 2.24) is 0 Å². The van der Waals surface area contributed by atoms with Crippen LogP contribution in [0.25, 0.3) is 0 Å². The summed E-state index contributed by atoms with van der Waals surface area (Å²) in [6.45, 7) is 4.55. The SMILES string of the molecule is CCCCC1CCC(CCl)(CCCSCC)CC1. The highest BCUT2D eigenvalue weighted by Crippen LogP contribution is 2.44. The van der Waals surface area contributed by atoms with Crippen molar-refractivity contribution >= 4 is 23.4 Å². The van der Waals surface area contributed by atoms with Gasteiger partial charge in [-0.2, -0.15) is 11.8 Å². The standard InChI is InChI=1S/C16H31ClS/c1-3-5-7-15-8-11-16(14-17,12-9-15)10-6-13-18-4-2/h15H,3-14H2,1-2H3. The smallest absolute Gasteiger partial charge is 0.0280 e. The Labute approximate surface area is 124 Å². The molecule has 0 spiro atoms. The maximum Gasteiger partial charge on any atom is 0.0280 e. The van der Waals surface area contributed by atoms with Crippen LogP contribution in [0.1, 0.15) is 71.6 Å². The van der Waals surface area contributed by atoms with Gasteiger partial charge in [0, 0.05) is 5.88 Å². The van der Waals surface area contributed by atoms with Crippen molar-refractivity contribution < 1.29 is 0 Å². The van der Waals surface area contributed by atoms with Gasteiger partial charge >= 0.3 is 0 Å². The van der Waals surface area contributed by atoms with E-state index in [-0.39, 0.29) is 0 Å². The van der Waals surface area contributed by atoms with Gasteiger partial charge in [0.1, 0.15) is 0 Å². The molecule has 0 aromatic rings. The summed E-state index contributed by atoms with van der Waals surface area (Å²) in [6.07, 6.45) is 12.6. The molecule has 1 rings (SSSR count). The first-order chi connectivity index (χ1) is 8.76. The molecule has 1 saturated carbocycles. The second-order valence-corrected chi connectivity index (χ2v) is 7.68. The average Bonchev–Trinajstić information content (AvgIpc) is 2.43. The van der Waals surface area contributed by atoms with E-state index in [1.807, 2.05) is 0 Å². The molecule has 2 heteroatoms. The maximum atomic E-state index is 6.30. The minimum absolute atomic E-state index is 0.499. The quantitative estimate of drug-likeness (QED) is 0.364. The van der Waals surface area contributed by atoms with Crippen molar-refractivity contribution in [1.29, 1.82) is 0 Å². The molecule has 1 fully saturated rings. The van der Waals surface area contributed by atoms with Crippen LogP contribution >= 0.6 is 23.4 Å². The Morgan fingerprint density at radius 3 is 2.44 bits per heavy atom. The van der Waals surface area contributed by atoms with Gasteiger partial charge in [0.05, 0.1) is 0 Å². The van der Waals surface area contributed by atoms with Crippen LogP contribution in [0, 0.1) is 11.3 Å². The highest BCUT2D eigenvalue weighted by Gasteiger charge is 2.33. The Bertz CT molecular complexity index is 197. The lowest BCUT2D eigenvalue weighted by Gasteiger charge is -2.39. The lowest BCUT2D eigenvalue weighted by Crippen LogP contribution is -2.29. The van der Waals surface area contributed by atoms with Gasteiger partial charge in [-0.3, -0.25) is 0 Å². The van der Waals surface area contributed by atoms with E-state index in [2.05, 4.69) is 25.6 Å². The summed E-state index contributed by atoms with van der Waals surface area (Å²) in [4.78, 5) is 0. The van der Waals surface area contributed by atoms with E-state index in [1.165, 1.54) is 69.3 Å². The topological polar surface area (TPSA) is 0 Å². The van der Waals surface area contributed by atoms with Gasteiger partial charge in [-0.1, -0.05) is 33.1 Å². The van der Waals surface area contributed by atoms with Crippen molar-refractivity contribution in [2.45, 2.75) is 71.6 Å². The molecule has 0 aromatic carbocycles. The van der Waals surface area contributed by atoms with Crippen LogP contribution in [0.2, 0.25) is 0 Å². The Morgan fingerprint density at radius 1 is 1.17 bits per heavy atom. The zero-order valence-electron chi connectivity index (χ0n) is 12.3. The molecule has 0 N–H and O–H groups in total. The first kappa shape index (κ1) is 16.7. The van der Waals surface area contributed by atoms with E-state index in [9.17, 15) is 0 Å². The number of hydrogen-bond donors (Lipinski definition) is 0. The van der Waals surface area contributed by atoms with E-state index in [0.717, 1.165) is 11.8 Å². The van der Waals surface area contributed by atoms with E-state index in [0.29, 0.717) is 5.41 Å². The minimum atomic E-state index is 0.499. The molecule has 0 amide bonds. The molecule has 0 heterocycles. The number of rotatable bonds is 9. The van der Waals surface area contributed by atoms with Gasteiger partial charge in [0.25, 0.3) is 0 Å². The van der Waals surface area contributed by atoms with Gasteiger partial charge in [-0.05, 0) is 61.4 Å². The van der Waals surface area contributed by atoms with Crippen LogP contribution in [-0.4, -0.2) is 17.4 Å². The first-order valence-electron chi connectivity index (χ1n) is 7.90. The zero-order valence-corrected chi connectivity index (χ0v) is 13.9. The monoisotopic (exact) mass is 290 g/mol. The average molecular weight is 291 g/mol. The van der Waals surface area contributed by atoms with Crippen LogP contribution in [0.4, 0.5) is 0 Å². The molecule has 1 aliphatic carbocycles. The summed E-state index contributed by atoms with van der Waals surface area (Å²) in [6, 6.07) is 0. The maximum absolute atomic E-state index is 6.30. The molecule has 0 unspecified atom stereocenters. The number of alkyl halides is 1. The van der Waals surface area contributed by atoms with Gasteiger partial charge in [-0.25, -0.2) is 0 Å². The number of hydrogen-bond acceptors (Lipinski definition) is 1. The molecular weight excluding hydrogens is 260 g/mol. The molecule has 0 aliphatic heterocycles. The molecule has 108 valence electrons. The highest BCUT2D eigenvalue weighted by molar-refractivity contribution is 7.99. The van der Waals surface area contributed by atoms with Gasteiger partial charge < -0.3 is 0 Å². The fraction of sp³-hybridized carbons (Fsp3) is 1.00. The Hall–Kier alpha value is 0.640. The molecular formula is C16H31ClS. The summed E-state index contributed by atoms with van der Waals surface area (Å²) in [5, 5.41) is 0. The summed E-state index contributed by atoms with van der Waals surface area (Å²) in [5.41, 5.74) is 0.499. The predicted octanol–water partition coefficient (Wildman–Crippen LogP) is 6.13. The second kappa shape index (κ2) is 9.53. The molecule has 0 nitrogen and oxygen atoms in total. The van der Waals surface area contributed by atoms with Crippen molar-refractivity contribution in [3.8, 4) is 0 Å². The fourth-order valence-electron chi connectivity index (χ4n) is 3.22. The summed E-state index contributed by atoms with van der Waals surface area (Å²) < 4.78 is 0. The normalized spacial score (nSPS) is 28.5. The van der Waals surface area contributed by atoms with Crippen molar-refractivity contribution in [2.75, 3.05) is 17.4 Å². The van der Waals surface area contributed by atoms with Gasteiger partial charge in [0.2, 0.25) is 0 Å². The fourth-order valence-corrected chi connectivity index (χ4v) is 4.25. The third-order valence-corrected chi connectivity index (χ3v) is 6.17. The third kappa shape index (κ3) is 5.74. The van der Waals surface area contributed by atoms with Crippen molar-refractivity contribution in [2.24, 2.45) is 11.3 Å². The van der Waals surface area contributed by atoms with Gasteiger partial charge in [0.15, 0.2) is 0 Å². The number of thioether (sulfide) groups is 1. The Balaban J connectivity index is 2.26. The number of halogens is 1. The molecule has 18 heavy (non-hydrogen) atoms. The molecule has 0 bridgehead atoms. The van der Waals surface area contributed by atoms with Crippen molar-refractivity contribution in [3.05, 3.63) is 0 Å². The lowest BCUT2D eigenvalue weighted by atomic mass is 9.68. The van der Waals surface area contributed by atoms with E-state index < -0.39 is 0 Å². The molecule has 0 aromatic heterocycles. The predicted molar refractivity (Wildman–Crippen MR) is 86.9 cm³/mol. The Morgan fingerprint density at radius 2 is 1.89 bits per heavy atom. The van der Waals surface area contributed by atoms with E-state index >= 15 is 0 Å². The molecule has 0 radical (unpaired) electrons. The summed E-state index contributed by atoms with van der Waals surface area (Å²) in [7, 11) is 0. The summed E-state index contributed by atoms with van der Waals surface area (Å²) >= 11 is 8.37. The first-order valence-corrected chi connectivity index (χ1v) is 9.59. The van der Waals surface area contributed by atoms with Crippen molar-refractivity contribution in [3.63, 3.8) is 0 Å². The number of unbranched alkanes of at least 4 members (excludes halogenated alkanes) is 1.